The second-order valence-electron chi connectivity index (χ2n) is 7.75. The second-order valence-corrected chi connectivity index (χ2v) is 7.75. The fraction of sp³-hybridized carbons (Fsp3) is 0.308. The molecule has 3 heteroatoms. The molecule has 2 aliphatic rings. The fourth-order valence-corrected chi connectivity index (χ4v) is 4.74. The summed E-state index contributed by atoms with van der Waals surface area (Å²) in [5.74, 6) is 1.70. The van der Waals surface area contributed by atoms with Crippen molar-refractivity contribution in [2.45, 2.75) is 32.7 Å². The molecule has 5 rings (SSSR count). The third kappa shape index (κ3) is 3.20. The van der Waals surface area contributed by atoms with Gasteiger partial charge in [-0.2, -0.15) is 0 Å². The van der Waals surface area contributed by atoms with Crippen LogP contribution < -0.4 is 14.8 Å². The molecule has 0 spiro atoms. The van der Waals surface area contributed by atoms with E-state index >= 15 is 0 Å². The zero-order valence-electron chi connectivity index (χ0n) is 17.1. The summed E-state index contributed by atoms with van der Waals surface area (Å²) in [6.45, 7) is 6.28. The molecule has 0 saturated heterocycles. The van der Waals surface area contributed by atoms with Gasteiger partial charge in [-0.15, -0.1) is 0 Å². The number of hydrogen-bond acceptors (Lipinski definition) is 3. The van der Waals surface area contributed by atoms with E-state index in [1.54, 1.807) is 0 Å². The summed E-state index contributed by atoms with van der Waals surface area (Å²) in [6.07, 6.45) is 2.03. The molecule has 1 atom stereocenters. The van der Waals surface area contributed by atoms with Crippen molar-refractivity contribution in [3.05, 3.63) is 82.4 Å². The Hall–Kier alpha value is -2.78. The van der Waals surface area contributed by atoms with Gasteiger partial charge in [0.05, 0.1) is 19.3 Å². The van der Waals surface area contributed by atoms with Crippen molar-refractivity contribution in [2.24, 2.45) is 0 Å². The summed E-state index contributed by atoms with van der Waals surface area (Å²) >= 11 is 0. The maximum atomic E-state index is 5.90. The summed E-state index contributed by atoms with van der Waals surface area (Å²) in [4.78, 5) is 0. The van der Waals surface area contributed by atoms with Crippen molar-refractivity contribution in [1.82, 2.24) is 5.32 Å². The van der Waals surface area contributed by atoms with Crippen LogP contribution in [0.3, 0.4) is 0 Å². The van der Waals surface area contributed by atoms with E-state index in [1.165, 1.54) is 38.9 Å². The standard InChI is InChI=1S/C26H27NO2/c1-3-28-24-15-18-11-12-27-26(23(18)16-25(24)29-4-2)19-9-10-22-20(14-19)13-17-7-5-6-8-21(17)22/h5-10,14-16,26-27H,3-4,11-13H2,1-2H3. The van der Waals surface area contributed by atoms with E-state index < -0.39 is 0 Å². The van der Waals surface area contributed by atoms with E-state index in [2.05, 4.69) is 59.9 Å². The minimum atomic E-state index is 0.183. The molecule has 29 heavy (non-hydrogen) atoms. The lowest BCUT2D eigenvalue weighted by molar-refractivity contribution is 0.286. The molecule has 1 aliphatic heterocycles. The third-order valence-electron chi connectivity index (χ3n) is 6.01. The Kier molecular flexibility index (Phi) is 4.76. The lowest BCUT2D eigenvalue weighted by Gasteiger charge is -2.29. The molecule has 148 valence electrons. The number of benzene rings is 3. The van der Waals surface area contributed by atoms with E-state index in [0.717, 1.165) is 30.9 Å². The topological polar surface area (TPSA) is 30.5 Å². The zero-order chi connectivity index (χ0) is 19.8. The molecule has 0 bridgehead atoms. The summed E-state index contributed by atoms with van der Waals surface area (Å²) in [5.41, 5.74) is 9.59. The SMILES string of the molecule is CCOc1cc2c(cc1OCC)C(c1ccc3c(c1)Cc1ccccc1-3)NCC2. The normalized spacial score (nSPS) is 16.7. The number of nitrogens with one attached hydrogen (secondary N) is 1. The lowest BCUT2D eigenvalue weighted by Crippen LogP contribution is -2.30. The van der Waals surface area contributed by atoms with Gasteiger partial charge in [0.2, 0.25) is 0 Å². The average Bonchev–Trinajstić information content (AvgIpc) is 3.12. The van der Waals surface area contributed by atoms with Crippen LogP contribution in [0, 0.1) is 0 Å². The van der Waals surface area contributed by atoms with Crippen LogP contribution in [0.4, 0.5) is 0 Å². The van der Waals surface area contributed by atoms with Gasteiger partial charge in [-0.25, -0.2) is 0 Å². The summed E-state index contributed by atoms with van der Waals surface area (Å²) in [5, 5.41) is 3.73. The molecule has 0 aromatic heterocycles. The van der Waals surface area contributed by atoms with E-state index in [0.29, 0.717) is 13.2 Å². The Morgan fingerprint density at radius 2 is 1.59 bits per heavy atom. The second kappa shape index (κ2) is 7.57. The molecular formula is C26H27NO2. The summed E-state index contributed by atoms with van der Waals surface area (Å²) in [6, 6.07) is 20.3. The van der Waals surface area contributed by atoms with Crippen molar-refractivity contribution in [3.8, 4) is 22.6 Å². The Labute approximate surface area is 172 Å². The predicted molar refractivity (Wildman–Crippen MR) is 117 cm³/mol. The fourth-order valence-electron chi connectivity index (χ4n) is 4.74. The highest BCUT2D eigenvalue weighted by molar-refractivity contribution is 5.77. The first-order valence-corrected chi connectivity index (χ1v) is 10.7. The van der Waals surface area contributed by atoms with Crippen molar-refractivity contribution in [1.29, 1.82) is 0 Å². The highest BCUT2D eigenvalue weighted by Crippen LogP contribution is 2.41. The zero-order valence-corrected chi connectivity index (χ0v) is 17.1. The van der Waals surface area contributed by atoms with Gasteiger partial charge < -0.3 is 14.8 Å². The van der Waals surface area contributed by atoms with Gasteiger partial charge in [-0.3, -0.25) is 0 Å². The lowest BCUT2D eigenvalue weighted by atomic mass is 9.88. The quantitative estimate of drug-likeness (QED) is 0.506. The molecule has 0 radical (unpaired) electrons. The number of ether oxygens (including phenoxy) is 2. The van der Waals surface area contributed by atoms with E-state index in [1.807, 2.05) is 13.8 Å². The van der Waals surface area contributed by atoms with E-state index in [9.17, 15) is 0 Å². The number of hydrogen-bond donors (Lipinski definition) is 1. The molecule has 0 fully saturated rings. The predicted octanol–water partition coefficient (Wildman–Crippen LogP) is 5.29. The third-order valence-corrected chi connectivity index (χ3v) is 6.01. The van der Waals surface area contributed by atoms with E-state index in [-0.39, 0.29) is 6.04 Å². The molecule has 3 aromatic carbocycles. The van der Waals surface area contributed by atoms with Crippen LogP contribution in [0.5, 0.6) is 11.5 Å². The molecule has 1 unspecified atom stereocenters. The van der Waals surface area contributed by atoms with Crippen LogP contribution in [-0.2, 0) is 12.8 Å². The smallest absolute Gasteiger partial charge is 0.161 e. The molecule has 3 nitrogen and oxygen atoms in total. The molecule has 1 heterocycles. The summed E-state index contributed by atoms with van der Waals surface area (Å²) < 4.78 is 11.8. The monoisotopic (exact) mass is 385 g/mol. The first kappa shape index (κ1) is 18.3. The van der Waals surface area contributed by atoms with Crippen molar-refractivity contribution >= 4 is 0 Å². The highest BCUT2D eigenvalue weighted by Gasteiger charge is 2.26. The van der Waals surface area contributed by atoms with Gasteiger partial charge >= 0.3 is 0 Å². The van der Waals surface area contributed by atoms with Gasteiger partial charge in [0.15, 0.2) is 11.5 Å². The van der Waals surface area contributed by atoms with Crippen LogP contribution in [-0.4, -0.2) is 19.8 Å². The first-order chi connectivity index (χ1) is 14.3. The van der Waals surface area contributed by atoms with Gasteiger partial charge in [0, 0.05) is 6.54 Å². The van der Waals surface area contributed by atoms with Crippen LogP contribution in [0.25, 0.3) is 11.1 Å². The minimum absolute atomic E-state index is 0.183. The highest BCUT2D eigenvalue weighted by atomic mass is 16.5. The van der Waals surface area contributed by atoms with Crippen molar-refractivity contribution in [2.75, 3.05) is 19.8 Å². The van der Waals surface area contributed by atoms with Crippen LogP contribution in [0.1, 0.15) is 47.7 Å². The van der Waals surface area contributed by atoms with Crippen LogP contribution >= 0.6 is 0 Å². The molecular weight excluding hydrogens is 358 g/mol. The molecule has 1 N–H and O–H groups in total. The van der Waals surface area contributed by atoms with Crippen LogP contribution in [0.15, 0.2) is 54.6 Å². The number of rotatable bonds is 5. The van der Waals surface area contributed by atoms with Gasteiger partial charge in [-0.1, -0.05) is 42.5 Å². The molecule has 1 aliphatic carbocycles. The molecule has 0 amide bonds. The van der Waals surface area contributed by atoms with Crippen molar-refractivity contribution in [3.63, 3.8) is 0 Å². The number of fused-ring (bicyclic) bond motifs is 4. The van der Waals surface area contributed by atoms with Crippen molar-refractivity contribution < 1.29 is 9.47 Å². The molecule has 0 saturated carbocycles. The largest absolute Gasteiger partial charge is 0.490 e. The maximum Gasteiger partial charge on any atom is 0.161 e. The maximum absolute atomic E-state index is 5.90. The summed E-state index contributed by atoms with van der Waals surface area (Å²) in [7, 11) is 0. The van der Waals surface area contributed by atoms with Crippen LogP contribution in [0.2, 0.25) is 0 Å². The minimum Gasteiger partial charge on any atom is -0.490 e. The Balaban J connectivity index is 1.54. The van der Waals surface area contributed by atoms with Gasteiger partial charge in [0.25, 0.3) is 0 Å². The first-order valence-electron chi connectivity index (χ1n) is 10.7. The Morgan fingerprint density at radius 1 is 0.828 bits per heavy atom. The Bertz CT molecular complexity index is 1060. The van der Waals surface area contributed by atoms with E-state index in [4.69, 9.17) is 9.47 Å². The van der Waals surface area contributed by atoms with Gasteiger partial charge in [0.1, 0.15) is 0 Å². The Morgan fingerprint density at radius 3 is 2.41 bits per heavy atom. The van der Waals surface area contributed by atoms with Gasteiger partial charge in [-0.05, 0) is 77.8 Å². The average molecular weight is 386 g/mol. The molecule has 3 aromatic rings.